The SMILES string of the molecule is O=C(NCc1ccccc1Cl)c1ccnc(NC2CCS(=O)(=O)C2)n1. The molecule has 1 aliphatic heterocycles. The van der Waals surface area contributed by atoms with E-state index in [1.165, 1.54) is 12.3 Å². The summed E-state index contributed by atoms with van der Waals surface area (Å²) < 4.78 is 23.0. The first-order valence-electron chi connectivity index (χ1n) is 7.74. The van der Waals surface area contributed by atoms with E-state index in [9.17, 15) is 13.2 Å². The average molecular weight is 381 g/mol. The number of rotatable bonds is 5. The summed E-state index contributed by atoms with van der Waals surface area (Å²) in [5, 5.41) is 6.30. The van der Waals surface area contributed by atoms with Gasteiger partial charge in [0.1, 0.15) is 5.69 Å². The van der Waals surface area contributed by atoms with Gasteiger partial charge in [0.05, 0.1) is 11.5 Å². The molecular formula is C16H17ClN4O3S. The van der Waals surface area contributed by atoms with Crippen molar-refractivity contribution < 1.29 is 13.2 Å². The van der Waals surface area contributed by atoms with Gasteiger partial charge in [0.15, 0.2) is 9.84 Å². The monoisotopic (exact) mass is 380 g/mol. The van der Waals surface area contributed by atoms with Gasteiger partial charge in [-0.15, -0.1) is 0 Å². The number of aromatic nitrogens is 2. The van der Waals surface area contributed by atoms with E-state index in [-0.39, 0.29) is 41.6 Å². The number of nitrogens with zero attached hydrogens (tertiary/aromatic N) is 2. The number of hydrogen-bond donors (Lipinski definition) is 2. The van der Waals surface area contributed by atoms with Crippen LogP contribution in [-0.2, 0) is 16.4 Å². The zero-order valence-corrected chi connectivity index (χ0v) is 14.8. The third-order valence-corrected chi connectivity index (χ3v) is 5.99. The Kier molecular flexibility index (Phi) is 5.19. The fraction of sp³-hybridized carbons (Fsp3) is 0.312. The summed E-state index contributed by atoms with van der Waals surface area (Å²) in [4.78, 5) is 20.5. The van der Waals surface area contributed by atoms with E-state index in [0.29, 0.717) is 11.4 Å². The maximum absolute atomic E-state index is 12.3. The van der Waals surface area contributed by atoms with Crippen LogP contribution in [0, 0.1) is 0 Å². The molecular weight excluding hydrogens is 364 g/mol. The summed E-state index contributed by atoms with van der Waals surface area (Å²) in [6.45, 7) is 0.284. The molecule has 0 spiro atoms. The molecule has 1 unspecified atom stereocenters. The zero-order valence-electron chi connectivity index (χ0n) is 13.3. The van der Waals surface area contributed by atoms with Crippen LogP contribution in [0.2, 0.25) is 5.02 Å². The molecule has 3 rings (SSSR count). The van der Waals surface area contributed by atoms with Gasteiger partial charge in [-0.2, -0.15) is 0 Å². The first kappa shape index (κ1) is 17.6. The molecule has 1 amide bonds. The number of carbonyl (C=O) groups excluding carboxylic acids is 1. The minimum absolute atomic E-state index is 0.0549. The number of nitrogens with one attached hydrogen (secondary N) is 2. The van der Waals surface area contributed by atoms with E-state index >= 15 is 0 Å². The Balaban J connectivity index is 1.63. The number of benzene rings is 1. The third-order valence-electron chi connectivity index (χ3n) is 3.85. The van der Waals surface area contributed by atoms with Crippen molar-refractivity contribution in [3.8, 4) is 0 Å². The van der Waals surface area contributed by atoms with Crippen LogP contribution in [0.3, 0.4) is 0 Å². The van der Waals surface area contributed by atoms with Crippen molar-refractivity contribution in [2.45, 2.75) is 19.0 Å². The molecule has 1 aromatic heterocycles. The van der Waals surface area contributed by atoms with Gasteiger partial charge in [-0.1, -0.05) is 29.8 Å². The van der Waals surface area contributed by atoms with Crippen LogP contribution in [-0.4, -0.2) is 41.8 Å². The summed E-state index contributed by atoms with van der Waals surface area (Å²) in [6, 6.07) is 8.51. The van der Waals surface area contributed by atoms with Crippen LogP contribution in [0.1, 0.15) is 22.5 Å². The van der Waals surface area contributed by atoms with Crippen molar-refractivity contribution in [1.29, 1.82) is 0 Å². The topological polar surface area (TPSA) is 101 Å². The molecule has 1 atom stereocenters. The Labute approximate surface area is 150 Å². The van der Waals surface area contributed by atoms with Gasteiger partial charge in [-0.3, -0.25) is 4.79 Å². The van der Waals surface area contributed by atoms with Crippen molar-refractivity contribution in [2.24, 2.45) is 0 Å². The maximum Gasteiger partial charge on any atom is 0.270 e. The Morgan fingerprint density at radius 3 is 2.80 bits per heavy atom. The lowest BCUT2D eigenvalue weighted by molar-refractivity contribution is 0.0946. The Morgan fingerprint density at radius 1 is 1.28 bits per heavy atom. The van der Waals surface area contributed by atoms with Gasteiger partial charge < -0.3 is 10.6 Å². The van der Waals surface area contributed by atoms with E-state index < -0.39 is 9.84 Å². The van der Waals surface area contributed by atoms with Crippen molar-refractivity contribution in [3.63, 3.8) is 0 Å². The number of hydrogen-bond acceptors (Lipinski definition) is 6. The molecule has 7 nitrogen and oxygen atoms in total. The van der Waals surface area contributed by atoms with Gasteiger partial charge in [0, 0.05) is 23.8 Å². The van der Waals surface area contributed by atoms with Crippen LogP contribution in [0.4, 0.5) is 5.95 Å². The van der Waals surface area contributed by atoms with Crippen molar-refractivity contribution in [3.05, 3.63) is 52.8 Å². The first-order valence-corrected chi connectivity index (χ1v) is 9.94. The van der Waals surface area contributed by atoms with E-state index in [1.54, 1.807) is 6.07 Å². The number of amides is 1. The van der Waals surface area contributed by atoms with Gasteiger partial charge in [0.2, 0.25) is 5.95 Å². The van der Waals surface area contributed by atoms with Gasteiger partial charge in [0.25, 0.3) is 5.91 Å². The Bertz CT molecular complexity index is 888. The normalized spacial score (nSPS) is 18.7. The lowest BCUT2D eigenvalue weighted by Gasteiger charge is -2.11. The van der Waals surface area contributed by atoms with E-state index in [1.807, 2.05) is 18.2 Å². The van der Waals surface area contributed by atoms with Crippen LogP contribution in [0.25, 0.3) is 0 Å². The van der Waals surface area contributed by atoms with Gasteiger partial charge in [-0.05, 0) is 24.1 Å². The molecule has 2 N–H and O–H groups in total. The molecule has 2 heterocycles. The smallest absolute Gasteiger partial charge is 0.270 e. The molecule has 9 heteroatoms. The molecule has 0 radical (unpaired) electrons. The van der Waals surface area contributed by atoms with Crippen LogP contribution in [0.15, 0.2) is 36.5 Å². The highest BCUT2D eigenvalue weighted by atomic mass is 35.5. The largest absolute Gasteiger partial charge is 0.350 e. The standard InChI is InChI=1S/C16H17ClN4O3S/c17-13-4-2-1-3-11(13)9-19-15(22)14-5-7-18-16(21-14)20-12-6-8-25(23,24)10-12/h1-5,7,12H,6,8-10H2,(H,19,22)(H,18,20,21). The van der Waals surface area contributed by atoms with Gasteiger partial charge >= 0.3 is 0 Å². The number of halogens is 1. The molecule has 132 valence electrons. The summed E-state index contributed by atoms with van der Waals surface area (Å²) in [7, 11) is -3.00. The molecule has 0 saturated carbocycles. The van der Waals surface area contributed by atoms with E-state index in [0.717, 1.165) is 5.56 Å². The Morgan fingerprint density at radius 2 is 2.08 bits per heavy atom. The lowest BCUT2D eigenvalue weighted by atomic mass is 10.2. The third kappa shape index (κ3) is 4.67. The Hall–Kier alpha value is -2.19. The second-order valence-corrected chi connectivity index (χ2v) is 8.42. The minimum Gasteiger partial charge on any atom is -0.350 e. The predicted octanol–water partition coefficient (Wildman–Crippen LogP) is 1.66. The summed E-state index contributed by atoms with van der Waals surface area (Å²) in [5.41, 5.74) is 1.01. The fourth-order valence-electron chi connectivity index (χ4n) is 2.55. The quantitative estimate of drug-likeness (QED) is 0.818. The first-order chi connectivity index (χ1) is 11.9. The maximum atomic E-state index is 12.3. The van der Waals surface area contributed by atoms with Crippen molar-refractivity contribution in [1.82, 2.24) is 15.3 Å². The van der Waals surface area contributed by atoms with Crippen molar-refractivity contribution in [2.75, 3.05) is 16.8 Å². The molecule has 1 fully saturated rings. The molecule has 1 aromatic carbocycles. The number of anilines is 1. The van der Waals surface area contributed by atoms with Gasteiger partial charge in [-0.25, -0.2) is 18.4 Å². The molecule has 25 heavy (non-hydrogen) atoms. The van der Waals surface area contributed by atoms with Crippen LogP contribution in [0.5, 0.6) is 0 Å². The highest BCUT2D eigenvalue weighted by Crippen LogP contribution is 2.16. The lowest BCUT2D eigenvalue weighted by Crippen LogP contribution is -2.26. The predicted molar refractivity (Wildman–Crippen MR) is 95.3 cm³/mol. The number of sulfone groups is 1. The minimum atomic E-state index is -3.00. The molecule has 0 aliphatic carbocycles. The summed E-state index contributed by atoms with van der Waals surface area (Å²) >= 11 is 6.06. The van der Waals surface area contributed by atoms with Crippen molar-refractivity contribution >= 4 is 33.3 Å². The van der Waals surface area contributed by atoms with Crippen LogP contribution >= 0.6 is 11.6 Å². The second kappa shape index (κ2) is 7.37. The molecule has 2 aromatic rings. The molecule has 0 bridgehead atoms. The number of carbonyl (C=O) groups is 1. The summed E-state index contributed by atoms with van der Waals surface area (Å²) in [6.07, 6.45) is 1.97. The molecule has 1 saturated heterocycles. The van der Waals surface area contributed by atoms with Crippen LogP contribution < -0.4 is 10.6 Å². The fourth-order valence-corrected chi connectivity index (χ4v) is 4.43. The molecule has 1 aliphatic rings. The van der Waals surface area contributed by atoms with E-state index in [2.05, 4.69) is 20.6 Å². The highest BCUT2D eigenvalue weighted by molar-refractivity contribution is 7.91. The second-order valence-electron chi connectivity index (χ2n) is 5.78. The summed E-state index contributed by atoms with van der Waals surface area (Å²) in [5.74, 6) is 0.0963. The van der Waals surface area contributed by atoms with E-state index in [4.69, 9.17) is 11.6 Å². The highest BCUT2D eigenvalue weighted by Gasteiger charge is 2.28. The zero-order chi connectivity index (χ0) is 17.9. The average Bonchev–Trinajstić information content (AvgIpc) is 2.92.